The molecule has 0 aromatic carbocycles. The molecule has 2 unspecified atom stereocenters. The smallest absolute Gasteiger partial charge is 0.117 e. The van der Waals surface area contributed by atoms with Gasteiger partial charge in [-0.1, -0.05) is 13.8 Å². The molecule has 1 heterocycles. The maximum absolute atomic E-state index is 8.98. The number of nitrogens with one attached hydrogen (secondary N) is 1. The Morgan fingerprint density at radius 1 is 1.33 bits per heavy atom. The van der Waals surface area contributed by atoms with E-state index in [0.29, 0.717) is 6.04 Å². The molecule has 0 bridgehead atoms. The van der Waals surface area contributed by atoms with Gasteiger partial charge in [-0.2, -0.15) is 0 Å². The highest BCUT2D eigenvalue weighted by atomic mass is 16.3. The second-order valence-corrected chi connectivity index (χ2v) is 4.05. The van der Waals surface area contributed by atoms with Crippen molar-refractivity contribution >= 4 is 0 Å². The van der Waals surface area contributed by atoms with E-state index in [9.17, 15) is 0 Å². The summed E-state index contributed by atoms with van der Waals surface area (Å²) >= 11 is 0. The summed E-state index contributed by atoms with van der Waals surface area (Å²) in [6.07, 6.45) is 0.933. The Labute approximate surface area is 91.5 Å². The summed E-state index contributed by atoms with van der Waals surface area (Å²) in [5.41, 5.74) is 0. The molecule has 86 valence electrons. The van der Waals surface area contributed by atoms with Gasteiger partial charge in [0.2, 0.25) is 0 Å². The number of furan rings is 1. The highest BCUT2D eigenvalue weighted by Gasteiger charge is 2.10. The molecule has 0 saturated carbocycles. The third-order valence-corrected chi connectivity index (χ3v) is 2.81. The molecule has 0 spiro atoms. The van der Waals surface area contributed by atoms with Crippen LogP contribution in [0.15, 0.2) is 16.5 Å². The summed E-state index contributed by atoms with van der Waals surface area (Å²) in [7, 11) is 0. The van der Waals surface area contributed by atoms with Crippen LogP contribution in [0.5, 0.6) is 0 Å². The van der Waals surface area contributed by atoms with Crippen molar-refractivity contribution in [3.05, 3.63) is 23.7 Å². The van der Waals surface area contributed by atoms with Crippen molar-refractivity contribution in [3.63, 3.8) is 0 Å². The first-order chi connectivity index (χ1) is 7.17. The van der Waals surface area contributed by atoms with Gasteiger partial charge in [0.15, 0.2) is 0 Å². The Morgan fingerprint density at radius 2 is 2.00 bits per heavy atom. The van der Waals surface area contributed by atoms with Gasteiger partial charge in [-0.15, -0.1) is 0 Å². The summed E-state index contributed by atoms with van der Waals surface area (Å²) in [5.74, 6) is 2.25. The van der Waals surface area contributed by atoms with Crippen LogP contribution in [0.1, 0.15) is 32.3 Å². The second kappa shape index (κ2) is 5.93. The van der Waals surface area contributed by atoms with Gasteiger partial charge >= 0.3 is 0 Å². The summed E-state index contributed by atoms with van der Waals surface area (Å²) in [6, 6.07) is 4.31. The van der Waals surface area contributed by atoms with Gasteiger partial charge < -0.3 is 14.8 Å². The van der Waals surface area contributed by atoms with Crippen molar-refractivity contribution in [2.24, 2.45) is 5.92 Å². The molecule has 0 amide bonds. The van der Waals surface area contributed by atoms with Gasteiger partial charge in [0, 0.05) is 19.1 Å². The van der Waals surface area contributed by atoms with Crippen molar-refractivity contribution in [3.8, 4) is 0 Å². The molecule has 0 aliphatic rings. The van der Waals surface area contributed by atoms with Crippen LogP contribution in [-0.4, -0.2) is 17.8 Å². The van der Waals surface area contributed by atoms with Crippen molar-refractivity contribution in [1.29, 1.82) is 0 Å². The Balaban J connectivity index is 2.36. The number of rotatable bonds is 6. The van der Waals surface area contributed by atoms with Crippen LogP contribution in [-0.2, 0) is 13.0 Å². The van der Waals surface area contributed by atoms with Crippen LogP contribution in [0, 0.1) is 5.92 Å². The van der Waals surface area contributed by atoms with Crippen LogP contribution < -0.4 is 5.32 Å². The first-order valence-electron chi connectivity index (χ1n) is 5.59. The molecule has 0 fully saturated rings. The summed E-state index contributed by atoms with van der Waals surface area (Å²) < 4.78 is 5.57. The topological polar surface area (TPSA) is 45.4 Å². The first kappa shape index (κ1) is 12.3. The average molecular weight is 211 g/mol. The van der Waals surface area contributed by atoms with Crippen molar-refractivity contribution < 1.29 is 9.52 Å². The maximum Gasteiger partial charge on any atom is 0.117 e. The average Bonchev–Trinajstić information content (AvgIpc) is 2.72. The van der Waals surface area contributed by atoms with Crippen LogP contribution >= 0.6 is 0 Å². The number of hydrogen-bond donors (Lipinski definition) is 2. The third kappa shape index (κ3) is 3.68. The van der Waals surface area contributed by atoms with E-state index in [4.69, 9.17) is 9.52 Å². The highest BCUT2D eigenvalue weighted by Crippen LogP contribution is 2.09. The lowest BCUT2D eigenvalue weighted by molar-refractivity contribution is 0.205. The van der Waals surface area contributed by atoms with E-state index < -0.39 is 0 Å². The van der Waals surface area contributed by atoms with E-state index in [1.54, 1.807) is 0 Å². The van der Waals surface area contributed by atoms with E-state index in [1.165, 1.54) is 0 Å². The predicted octanol–water partition coefficient (Wildman–Crippen LogP) is 1.95. The maximum atomic E-state index is 8.98. The van der Waals surface area contributed by atoms with Gasteiger partial charge in [0.05, 0.1) is 6.54 Å². The van der Waals surface area contributed by atoms with E-state index in [-0.39, 0.29) is 12.5 Å². The molecule has 0 saturated heterocycles. The summed E-state index contributed by atoms with van der Waals surface area (Å²) in [4.78, 5) is 0. The fourth-order valence-corrected chi connectivity index (χ4v) is 1.33. The van der Waals surface area contributed by atoms with Crippen LogP contribution in [0.25, 0.3) is 0 Å². The van der Waals surface area contributed by atoms with E-state index in [2.05, 4.69) is 19.2 Å². The Hall–Kier alpha value is -0.800. The number of hydrogen-bond acceptors (Lipinski definition) is 3. The van der Waals surface area contributed by atoms with Crippen molar-refractivity contribution in [2.75, 3.05) is 6.61 Å². The minimum Gasteiger partial charge on any atom is -0.465 e. The van der Waals surface area contributed by atoms with Gasteiger partial charge in [0.25, 0.3) is 0 Å². The molecule has 1 aromatic rings. The predicted molar refractivity (Wildman–Crippen MR) is 60.6 cm³/mol. The fourth-order valence-electron chi connectivity index (χ4n) is 1.33. The van der Waals surface area contributed by atoms with Crippen LogP contribution in [0.4, 0.5) is 0 Å². The Bertz CT molecular complexity index is 283. The van der Waals surface area contributed by atoms with Crippen molar-refractivity contribution in [2.45, 2.75) is 39.8 Å². The summed E-state index contributed by atoms with van der Waals surface area (Å²) in [5, 5.41) is 12.3. The van der Waals surface area contributed by atoms with Gasteiger partial charge in [-0.05, 0) is 25.0 Å². The standard InChI is InChI=1S/C12H21NO2/c1-4-11-5-6-12(15-11)7-13-10(3)9(2)8-14/h5-6,9-10,13-14H,4,7-8H2,1-3H3. The van der Waals surface area contributed by atoms with Gasteiger partial charge in [0.1, 0.15) is 11.5 Å². The molecule has 3 nitrogen and oxygen atoms in total. The SMILES string of the molecule is CCc1ccc(CNC(C)C(C)CO)o1. The van der Waals surface area contributed by atoms with E-state index in [0.717, 1.165) is 24.5 Å². The lowest BCUT2D eigenvalue weighted by Crippen LogP contribution is -2.33. The van der Waals surface area contributed by atoms with Crippen LogP contribution in [0.2, 0.25) is 0 Å². The molecule has 15 heavy (non-hydrogen) atoms. The molecule has 1 aromatic heterocycles. The zero-order chi connectivity index (χ0) is 11.3. The molecule has 1 rings (SSSR count). The number of aryl methyl sites for hydroxylation is 1. The zero-order valence-corrected chi connectivity index (χ0v) is 9.79. The molecular formula is C12H21NO2. The third-order valence-electron chi connectivity index (χ3n) is 2.81. The lowest BCUT2D eigenvalue weighted by atomic mass is 10.1. The van der Waals surface area contributed by atoms with Crippen LogP contribution in [0.3, 0.4) is 0 Å². The van der Waals surface area contributed by atoms with E-state index >= 15 is 0 Å². The number of aliphatic hydroxyl groups excluding tert-OH is 1. The van der Waals surface area contributed by atoms with Gasteiger partial charge in [-0.25, -0.2) is 0 Å². The van der Waals surface area contributed by atoms with Gasteiger partial charge in [-0.3, -0.25) is 0 Å². The first-order valence-corrected chi connectivity index (χ1v) is 5.59. The fraction of sp³-hybridized carbons (Fsp3) is 0.667. The Morgan fingerprint density at radius 3 is 2.53 bits per heavy atom. The largest absolute Gasteiger partial charge is 0.465 e. The normalized spacial score (nSPS) is 15.2. The minimum atomic E-state index is 0.215. The monoisotopic (exact) mass is 211 g/mol. The molecular weight excluding hydrogens is 190 g/mol. The minimum absolute atomic E-state index is 0.215. The zero-order valence-electron chi connectivity index (χ0n) is 9.79. The summed E-state index contributed by atoms with van der Waals surface area (Å²) in [6.45, 7) is 7.12. The second-order valence-electron chi connectivity index (χ2n) is 4.05. The molecule has 2 atom stereocenters. The lowest BCUT2D eigenvalue weighted by Gasteiger charge is -2.18. The molecule has 3 heteroatoms. The highest BCUT2D eigenvalue weighted by molar-refractivity contribution is 5.06. The molecule has 0 aliphatic carbocycles. The van der Waals surface area contributed by atoms with Crippen molar-refractivity contribution in [1.82, 2.24) is 5.32 Å². The molecule has 0 radical (unpaired) electrons. The number of aliphatic hydroxyl groups is 1. The Kier molecular flexibility index (Phi) is 4.85. The molecule has 0 aliphatic heterocycles. The van der Waals surface area contributed by atoms with E-state index in [1.807, 2.05) is 19.1 Å². The molecule has 2 N–H and O–H groups in total. The quantitative estimate of drug-likeness (QED) is 0.756.